The quantitative estimate of drug-likeness (QED) is 0.774. The van der Waals surface area contributed by atoms with Gasteiger partial charge in [-0.05, 0) is 50.0 Å². The third-order valence-corrected chi connectivity index (χ3v) is 5.87. The number of piperidine rings is 1. The lowest BCUT2D eigenvalue weighted by Crippen LogP contribution is -2.30. The van der Waals surface area contributed by atoms with Crippen LogP contribution in [0, 0.1) is 5.92 Å². The molecule has 6 heteroatoms. The van der Waals surface area contributed by atoms with Crippen LogP contribution in [-0.2, 0) is 21.5 Å². The summed E-state index contributed by atoms with van der Waals surface area (Å²) in [6.45, 7) is 4.95. The number of rotatable bonds is 6. The summed E-state index contributed by atoms with van der Waals surface area (Å²) >= 11 is 0. The lowest BCUT2D eigenvalue weighted by atomic mass is 10.00. The van der Waals surface area contributed by atoms with Crippen molar-refractivity contribution in [2.45, 2.75) is 31.6 Å². The van der Waals surface area contributed by atoms with Crippen LogP contribution in [0.25, 0.3) is 0 Å². The van der Waals surface area contributed by atoms with Gasteiger partial charge in [0.25, 0.3) is 0 Å². The molecule has 2 N–H and O–H groups in total. The van der Waals surface area contributed by atoms with E-state index < -0.39 is 23.0 Å². The monoisotopic (exact) mass is 402 g/mol. The van der Waals surface area contributed by atoms with Gasteiger partial charge in [0.2, 0.25) is 0 Å². The van der Waals surface area contributed by atoms with Crippen LogP contribution in [0.1, 0.15) is 36.9 Å². The SMILES string of the molecule is CC1CCN(C)CC1.O=C(O)C(NS(=O)Cc1ccccc1)c1ccccc1. The molecule has 1 heterocycles. The van der Waals surface area contributed by atoms with Crippen LogP contribution in [0.15, 0.2) is 60.7 Å². The number of likely N-dealkylation sites (tertiary alicyclic amines) is 1. The van der Waals surface area contributed by atoms with E-state index in [9.17, 15) is 14.1 Å². The molecule has 0 spiro atoms. The highest BCUT2D eigenvalue weighted by Gasteiger charge is 2.21. The zero-order valence-electron chi connectivity index (χ0n) is 16.6. The Morgan fingerprint density at radius 1 is 1.11 bits per heavy atom. The van der Waals surface area contributed by atoms with Crippen molar-refractivity contribution in [2.75, 3.05) is 20.1 Å². The Kier molecular flexibility index (Phi) is 9.34. The molecule has 1 saturated heterocycles. The maximum atomic E-state index is 12.0. The summed E-state index contributed by atoms with van der Waals surface area (Å²) < 4.78 is 14.7. The molecule has 1 aliphatic rings. The summed E-state index contributed by atoms with van der Waals surface area (Å²) in [5.74, 6) is 0.209. The Bertz CT molecular complexity index is 722. The summed E-state index contributed by atoms with van der Waals surface area (Å²) in [6.07, 6.45) is 2.80. The number of hydrogen-bond acceptors (Lipinski definition) is 3. The van der Waals surface area contributed by atoms with E-state index in [0.29, 0.717) is 5.56 Å². The number of carboxylic acids is 1. The van der Waals surface area contributed by atoms with Crippen molar-refractivity contribution in [1.82, 2.24) is 9.62 Å². The fraction of sp³-hybridized carbons (Fsp3) is 0.409. The average molecular weight is 403 g/mol. The molecule has 0 bridgehead atoms. The molecule has 152 valence electrons. The molecule has 5 nitrogen and oxygen atoms in total. The molecule has 0 amide bonds. The number of carbonyl (C=O) groups is 1. The zero-order valence-corrected chi connectivity index (χ0v) is 17.4. The second-order valence-electron chi connectivity index (χ2n) is 7.26. The first-order chi connectivity index (χ1) is 13.5. The summed E-state index contributed by atoms with van der Waals surface area (Å²) in [5, 5.41) is 9.24. The minimum atomic E-state index is -1.45. The molecule has 28 heavy (non-hydrogen) atoms. The number of benzene rings is 2. The van der Waals surface area contributed by atoms with Gasteiger partial charge in [0.15, 0.2) is 0 Å². The molecule has 2 atom stereocenters. The predicted molar refractivity (Wildman–Crippen MR) is 114 cm³/mol. The van der Waals surface area contributed by atoms with E-state index in [-0.39, 0.29) is 5.75 Å². The van der Waals surface area contributed by atoms with E-state index in [0.717, 1.165) is 11.5 Å². The highest BCUT2D eigenvalue weighted by molar-refractivity contribution is 7.82. The molecule has 2 aromatic carbocycles. The summed E-state index contributed by atoms with van der Waals surface area (Å²) in [6, 6.07) is 17.1. The Labute approximate surface area is 170 Å². The highest BCUT2D eigenvalue weighted by Crippen LogP contribution is 2.15. The van der Waals surface area contributed by atoms with Crippen LogP contribution in [0.3, 0.4) is 0 Å². The number of hydrogen-bond donors (Lipinski definition) is 2. The molecule has 0 saturated carbocycles. The number of nitrogens with zero attached hydrogens (tertiary/aromatic N) is 1. The van der Waals surface area contributed by atoms with E-state index in [1.807, 2.05) is 36.4 Å². The summed E-state index contributed by atoms with van der Waals surface area (Å²) in [4.78, 5) is 13.7. The fourth-order valence-electron chi connectivity index (χ4n) is 2.94. The van der Waals surface area contributed by atoms with Gasteiger partial charge >= 0.3 is 5.97 Å². The molecular formula is C22H30N2O3S. The van der Waals surface area contributed by atoms with E-state index in [4.69, 9.17) is 0 Å². The maximum absolute atomic E-state index is 12.0. The van der Waals surface area contributed by atoms with Crippen molar-refractivity contribution in [2.24, 2.45) is 5.92 Å². The number of nitrogens with one attached hydrogen (secondary N) is 1. The van der Waals surface area contributed by atoms with Gasteiger partial charge < -0.3 is 10.0 Å². The van der Waals surface area contributed by atoms with Crippen molar-refractivity contribution in [3.63, 3.8) is 0 Å². The first-order valence-electron chi connectivity index (χ1n) is 9.60. The van der Waals surface area contributed by atoms with Gasteiger partial charge in [-0.3, -0.25) is 4.79 Å². The molecule has 3 rings (SSSR count). The zero-order chi connectivity index (χ0) is 20.4. The molecule has 2 aromatic rings. The molecule has 2 unspecified atom stereocenters. The number of carboxylic acid groups (broad SMARTS) is 1. The second-order valence-corrected chi connectivity index (χ2v) is 8.48. The van der Waals surface area contributed by atoms with Gasteiger partial charge in [-0.25, -0.2) is 8.93 Å². The Morgan fingerprint density at radius 2 is 1.64 bits per heavy atom. The van der Waals surface area contributed by atoms with Crippen LogP contribution in [0.5, 0.6) is 0 Å². The van der Waals surface area contributed by atoms with E-state index in [1.165, 1.54) is 25.9 Å². The van der Waals surface area contributed by atoms with Gasteiger partial charge in [0.1, 0.15) is 6.04 Å². The Hall–Kier alpha value is -2.02. The standard InChI is InChI=1S/C15H15NO3S.C7H15N/c17-15(18)14(13-9-5-2-6-10-13)16-20(19)11-12-7-3-1-4-8-12;1-7-3-5-8(2)6-4-7/h1-10,14,16H,11H2,(H,17,18);7H,3-6H2,1-2H3. The van der Waals surface area contributed by atoms with Gasteiger partial charge in [0.05, 0.1) is 16.7 Å². The number of aliphatic carboxylic acids is 1. The maximum Gasteiger partial charge on any atom is 0.326 e. The van der Waals surface area contributed by atoms with Crippen LogP contribution in [-0.4, -0.2) is 40.3 Å². The normalized spacial score (nSPS) is 17.2. The summed E-state index contributed by atoms with van der Waals surface area (Å²) in [7, 11) is 0.747. The van der Waals surface area contributed by atoms with Crippen LogP contribution in [0.2, 0.25) is 0 Å². The van der Waals surface area contributed by atoms with Crippen molar-refractivity contribution in [1.29, 1.82) is 0 Å². The predicted octanol–water partition coefficient (Wildman–Crippen LogP) is 3.61. The largest absolute Gasteiger partial charge is 0.480 e. The third kappa shape index (κ3) is 7.92. The molecule has 1 fully saturated rings. The highest BCUT2D eigenvalue weighted by atomic mass is 32.2. The smallest absolute Gasteiger partial charge is 0.326 e. The van der Waals surface area contributed by atoms with Crippen molar-refractivity contribution < 1.29 is 14.1 Å². The fourth-order valence-corrected chi connectivity index (χ4v) is 4.02. The van der Waals surface area contributed by atoms with Crippen LogP contribution in [0.4, 0.5) is 0 Å². The average Bonchev–Trinajstić information content (AvgIpc) is 2.70. The minimum Gasteiger partial charge on any atom is -0.480 e. The minimum absolute atomic E-state index is 0.275. The molecule has 0 aliphatic carbocycles. The lowest BCUT2D eigenvalue weighted by Gasteiger charge is -2.26. The molecule has 0 radical (unpaired) electrons. The van der Waals surface area contributed by atoms with Crippen molar-refractivity contribution in [3.05, 3.63) is 71.8 Å². The van der Waals surface area contributed by atoms with Crippen molar-refractivity contribution >= 4 is 17.0 Å². The van der Waals surface area contributed by atoms with Crippen LogP contribution >= 0.6 is 0 Å². The van der Waals surface area contributed by atoms with Gasteiger partial charge in [0, 0.05) is 0 Å². The summed E-state index contributed by atoms with van der Waals surface area (Å²) in [5.41, 5.74) is 1.48. The van der Waals surface area contributed by atoms with E-state index in [2.05, 4.69) is 23.6 Å². The van der Waals surface area contributed by atoms with Crippen LogP contribution < -0.4 is 4.72 Å². The first kappa shape index (κ1) is 22.3. The first-order valence-corrected chi connectivity index (χ1v) is 10.9. The molecule has 0 aromatic heterocycles. The van der Waals surface area contributed by atoms with Gasteiger partial charge in [-0.1, -0.05) is 67.6 Å². The van der Waals surface area contributed by atoms with Crippen molar-refractivity contribution in [3.8, 4) is 0 Å². The van der Waals surface area contributed by atoms with Gasteiger partial charge in [-0.2, -0.15) is 0 Å². The van der Waals surface area contributed by atoms with Gasteiger partial charge in [-0.15, -0.1) is 0 Å². The third-order valence-electron chi connectivity index (χ3n) is 4.78. The van der Waals surface area contributed by atoms with E-state index >= 15 is 0 Å². The topological polar surface area (TPSA) is 69.6 Å². The molecular weight excluding hydrogens is 372 g/mol. The van der Waals surface area contributed by atoms with E-state index in [1.54, 1.807) is 24.3 Å². The molecule has 1 aliphatic heterocycles. The lowest BCUT2D eigenvalue weighted by molar-refractivity contribution is -0.139. The Morgan fingerprint density at radius 3 is 2.14 bits per heavy atom. The Balaban J connectivity index is 0.000000292. The second kappa shape index (κ2) is 11.7.